The van der Waals surface area contributed by atoms with Gasteiger partial charge in [-0.25, -0.2) is 8.42 Å². The number of carbonyl (C=O) groups is 1. The number of aromatic nitrogens is 1. The Morgan fingerprint density at radius 3 is 2.24 bits per heavy atom. The lowest BCUT2D eigenvalue weighted by atomic mass is 10.2. The molecule has 2 aromatic rings. The molecule has 134 valence electrons. The Morgan fingerprint density at radius 2 is 1.72 bits per heavy atom. The first-order valence-corrected chi connectivity index (χ1v) is 9.38. The van der Waals surface area contributed by atoms with Gasteiger partial charge in [0.2, 0.25) is 15.6 Å². The van der Waals surface area contributed by atoms with Crippen LogP contribution < -0.4 is 10.9 Å². The second-order valence-electron chi connectivity index (χ2n) is 5.36. The molecule has 2 N–H and O–H groups in total. The van der Waals surface area contributed by atoms with Gasteiger partial charge in [0.25, 0.3) is 5.91 Å². The summed E-state index contributed by atoms with van der Waals surface area (Å²) in [5.74, 6) is -0.323. The standard InChI is InChI=1S/C17H21N3O4S/c1-3-20(4-2)25(23,24)15-8-5-13(6-9-15)11-19-17(22)14-7-10-16(21)18-12-14/h5-10,12H,3-4,11H2,1-2H3,(H,18,21)(H,19,22). The summed E-state index contributed by atoms with van der Waals surface area (Å²) >= 11 is 0. The normalized spacial score (nSPS) is 11.5. The lowest BCUT2D eigenvalue weighted by Gasteiger charge is -2.18. The third-order valence-corrected chi connectivity index (χ3v) is 5.83. The van der Waals surface area contributed by atoms with Crippen molar-refractivity contribution in [3.63, 3.8) is 0 Å². The van der Waals surface area contributed by atoms with Crippen LogP contribution in [0.5, 0.6) is 0 Å². The summed E-state index contributed by atoms with van der Waals surface area (Å²) in [6.07, 6.45) is 1.34. The molecule has 0 spiro atoms. The SMILES string of the molecule is CCN(CC)S(=O)(=O)c1ccc(CNC(=O)c2ccc(=O)[nH]c2)cc1. The van der Waals surface area contributed by atoms with E-state index in [0.29, 0.717) is 18.7 Å². The Balaban J connectivity index is 2.04. The van der Waals surface area contributed by atoms with E-state index in [-0.39, 0.29) is 22.9 Å². The summed E-state index contributed by atoms with van der Waals surface area (Å²) in [6.45, 7) is 4.67. The number of sulfonamides is 1. The van der Waals surface area contributed by atoms with Gasteiger partial charge in [-0.3, -0.25) is 9.59 Å². The van der Waals surface area contributed by atoms with Crippen molar-refractivity contribution in [1.29, 1.82) is 0 Å². The Kier molecular flexibility index (Phi) is 6.11. The molecule has 1 aromatic carbocycles. The zero-order chi connectivity index (χ0) is 18.4. The van der Waals surface area contributed by atoms with Gasteiger partial charge in [0.1, 0.15) is 0 Å². The molecule has 1 heterocycles. The summed E-state index contributed by atoms with van der Waals surface area (Å²) in [7, 11) is -3.48. The molecule has 0 saturated carbocycles. The van der Waals surface area contributed by atoms with Crippen molar-refractivity contribution in [2.45, 2.75) is 25.3 Å². The highest BCUT2D eigenvalue weighted by molar-refractivity contribution is 7.89. The van der Waals surface area contributed by atoms with Gasteiger partial charge in [-0.1, -0.05) is 26.0 Å². The zero-order valence-electron chi connectivity index (χ0n) is 14.2. The number of amides is 1. The van der Waals surface area contributed by atoms with Crippen LogP contribution in [0.15, 0.2) is 52.3 Å². The van der Waals surface area contributed by atoms with E-state index in [9.17, 15) is 18.0 Å². The molecule has 8 heteroatoms. The van der Waals surface area contributed by atoms with Crippen molar-refractivity contribution in [2.24, 2.45) is 0 Å². The average Bonchev–Trinajstić information content (AvgIpc) is 2.61. The Labute approximate surface area is 146 Å². The van der Waals surface area contributed by atoms with Crippen molar-refractivity contribution in [2.75, 3.05) is 13.1 Å². The van der Waals surface area contributed by atoms with E-state index >= 15 is 0 Å². The summed E-state index contributed by atoms with van der Waals surface area (Å²) in [5, 5.41) is 2.72. The second-order valence-corrected chi connectivity index (χ2v) is 7.30. The van der Waals surface area contributed by atoms with Crippen LogP contribution in [0.4, 0.5) is 0 Å². The maximum atomic E-state index is 12.4. The summed E-state index contributed by atoms with van der Waals surface area (Å²) in [6, 6.07) is 9.13. The Bertz CT molecular complexity index is 864. The molecule has 0 fully saturated rings. The van der Waals surface area contributed by atoms with Gasteiger partial charge in [0, 0.05) is 31.9 Å². The molecule has 0 unspecified atom stereocenters. The fraction of sp³-hybridized carbons (Fsp3) is 0.294. The minimum atomic E-state index is -3.48. The molecular weight excluding hydrogens is 342 g/mol. The van der Waals surface area contributed by atoms with Crippen LogP contribution in [0.3, 0.4) is 0 Å². The van der Waals surface area contributed by atoms with Crippen LogP contribution >= 0.6 is 0 Å². The van der Waals surface area contributed by atoms with E-state index in [2.05, 4.69) is 10.3 Å². The molecule has 0 atom stereocenters. The van der Waals surface area contributed by atoms with Gasteiger partial charge < -0.3 is 10.3 Å². The number of hydrogen-bond acceptors (Lipinski definition) is 4. The summed E-state index contributed by atoms with van der Waals surface area (Å²) < 4.78 is 26.2. The topological polar surface area (TPSA) is 99.3 Å². The lowest BCUT2D eigenvalue weighted by molar-refractivity contribution is 0.0950. The molecule has 0 aliphatic carbocycles. The number of hydrogen-bond donors (Lipinski definition) is 2. The monoisotopic (exact) mass is 363 g/mol. The molecule has 0 saturated heterocycles. The lowest BCUT2D eigenvalue weighted by Crippen LogP contribution is -2.30. The predicted molar refractivity (Wildman–Crippen MR) is 94.8 cm³/mol. The highest BCUT2D eigenvalue weighted by Crippen LogP contribution is 2.16. The smallest absolute Gasteiger partial charge is 0.253 e. The average molecular weight is 363 g/mol. The molecule has 0 radical (unpaired) electrons. The maximum Gasteiger partial charge on any atom is 0.253 e. The van der Waals surface area contributed by atoms with E-state index < -0.39 is 10.0 Å². The number of H-pyrrole nitrogens is 1. The molecule has 0 aliphatic heterocycles. The van der Waals surface area contributed by atoms with Crippen molar-refractivity contribution >= 4 is 15.9 Å². The highest BCUT2D eigenvalue weighted by atomic mass is 32.2. The Hall–Kier alpha value is -2.45. The zero-order valence-corrected chi connectivity index (χ0v) is 15.0. The molecule has 1 aromatic heterocycles. The number of aromatic amines is 1. The van der Waals surface area contributed by atoms with Crippen molar-refractivity contribution in [1.82, 2.24) is 14.6 Å². The molecular formula is C17H21N3O4S. The fourth-order valence-corrected chi connectivity index (χ4v) is 3.79. The van der Waals surface area contributed by atoms with Gasteiger partial charge in [-0.2, -0.15) is 4.31 Å². The van der Waals surface area contributed by atoms with E-state index in [1.165, 1.54) is 34.8 Å². The van der Waals surface area contributed by atoms with Crippen LogP contribution in [0.2, 0.25) is 0 Å². The number of nitrogens with zero attached hydrogens (tertiary/aromatic N) is 1. The van der Waals surface area contributed by atoms with E-state index in [1.54, 1.807) is 26.0 Å². The number of carbonyl (C=O) groups excluding carboxylic acids is 1. The van der Waals surface area contributed by atoms with Crippen molar-refractivity contribution in [3.05, 3.63) is 64.1 Å². The highest BCUT2D eigenvalue weighted by Gasteiger charge is 2.21. The molecule has 1 amide bonds. The van der Waals surface area contributed by atoms with Crippen LogP contribution in [0, 0.1) is 0 Å². The fourth-order valence-electron chi connectivity index (χ4n) is 2.33. The quantitative estimate of drug-likeness (QED) is 0.775. The first-order chi connectivity index (χ1) is 11.9. The van der Waals surface area contributed by atoms with Crippen LogP contribution in [0.1, 0.15) is 29.8 Å². The summed E-state index contributed by atoms with van der Waals surface area (Å²) in [4.78, 5) is 25.6. The van der Waals surface area contributed by atoms with E-state index in [0.717, 1.165) is 5.56 Å². The first kappa shape index (κ1) is 18.9. The molecule has 2 rings (SSSR count). The number of nitrogens with one attached hydrogen (secondary N) is 2. The Morgan fingerprint density at radius 1 is 1.08 bits per heavy atom. The van der Waals surface area contributed by atoms with Gasteiger partial charge >= 0.3 is 0 Å². The first-order valence-electron chi connectivity index (χ1n) is 7.94. The summed E-state index contributed by atoms with van der Waals surface area (Å²) in [5.41, 5.74) is 0.846. The van der Waals surface area contributed by atoms with Crippen molar-refractivity contribution in [3.8, 4) is 0 Å². The second kappa shape index (κ2) is 8.09. The van der Waals surface area contributed by atoms with Crippen LogP contribution in [-0.2, 0) is 16.6 Å². The largest absolute Gasteiger partial charge is 0.348 e. The van der Waals surface area contributed by atoms with E-state index in [1.807, 2.05) is 0 Å². The van der Waals surface area contributed by atoms with Crippen LogP contribution in [-0.4, -0.2) is 36.7 Å². The number of benzene rings is 1. The van der Waals surface area contributed by atoms with Gasteiger partial charge in [-0.15, -0.1) is 0 Å². The number of rotatable bonds is 7. The third-order valence-electron chi connectivity index (χ3n) is 3.77. The van der Waals surface area contributed by atoms with Gasteiger partial charge in [0.05, 0.1) is 10.5 Å². The molecule has 0 bridgehead atoms. The van der Waals surface area contributed by atoms with Gasteiger partial charge in [-0.05, 0) is 23.8 Å². The minimum absolute atomic E-state index is 0.229. The predicted octanol–water partition coefficient (Wildman–Crippen LogP) is 1.34. The molecule has 7 nitrogen and oxygen atoms in total. The third kappa shape index (κ3) is 4.55. The van der Waals surface area contributed by atoms with E-state index in [4.69, 9.17) is 0 Å². The molecule has 0 aliphatic rings. The van der Waals surface area contributed by atoms with Crippen molar-refractivity contribution < 1.29 is 13.2 Å². The number of pyridine rings is 1. The maximum absolute atomic E-state index is 12.4. The molecule has 25 heavy (non-hydrogen) atoms. The van der Waals surface area contributed by atoms with Gasteiger partial charge in [0.15, 0.2) is 0 Å². The van der Waals surface area contributed by atoms with Crippen LogP contribution in [0.25, 0.3) is 0 Å². The minimum Gasteiger partial charge on any atom is -0.348 e.